The van der Waals surface area contributed by atoms with Crippen molar-refractivity contribution in [3.8, 4) is 11.3 Å². The highest BCUT2D eigenvalue weighted by atomic mass is 32.1. The molecule has 118 valence electrons. The number of rotatable bonds is 6. The Morgan fingerprint density at radius 1 is 1.39 bits per heavy atom. The van der Waals surface area contributed by atoms with Gasteiger partial charge in [0.05, 0.1) is 22.9 Å². The molecule has 0 radical (unpaired) electrons. The zero-order valence-corrected chi connectivity index (χ0v) is 14.2. The number of thiazole rings is 2. The summed E-state index contributed by atoms with van der Waals surface area (Å²) < 4.78 is 0. The maximum Gasteiger partial charge on any atom is 0.220 e. The van der Waals surface area contributed by atoms with Crippen molar-refractivity contribution in [3.63, 3.8) is 0 Å². The lowest BCUT2D eigenvalue weighted by Gasteiger charge is -2.10. The lowest BCUT2D eigenvalue weighted by Crippen LogP contribution is -2.26. The lowest BCUT2D eigenvalue weighted by molar-refractivity contribution is -0.121. The fraction of sp³-hybridized carbons (Fsp3) is 0.250. The number of nitrogens with zero attached hydrogens (tertiary/aromatic N) is 3. The monoisotopic (exact) mass is 344 g/mol. The second-order valence-electron chi connectivity index (χ2n) is 5.08. The Balaban J connectivity index is 1.57. The molecule has 3 heterocycles. The number of hydrogen-bond acceptors (Lipinski definition) is 6. The maximum atomic E-state index is 12.0. The third-order valence-corrected chi connectivity index (χ3v) is 4.98. The van der Waals surface area contributed by atoms with Gasteiger partial charge >= 0.3 is 0 Å². The molecule has 0 saturated heterocycles. The van der Waals surface area contributed by atoms with E-state index in [9.17, 15) is 4.79 Å². The summed E-state index contributed by atoms with van der Waals surface area (Å²) in [7, 11) is 0. The second kappa shape index (κ2) is 7.43. The summed E-state index contributed by atoms with van der Waals surface area (Å²) in [6, 6.07) is 3.76. The largest absolute Gasteiger partial charge is 0.347 e. The molecule has 0 spiro atoms. The van der Waals surface area contributed by atoms with Crippen molar-refractivity contribution in [3.05, 3.63) is 51.5 Å². The zero-order valence-electron chi connectivity index (χ0n) is 12.6. The van der Waals surface area contributed by atoms with Gasteiger partial charge in [0.25, 0.3) is 0 Å². The summed E-state index contributed by atoms with van der Waals surface area (Å²) in [6.07, 6.45) is 4.63. The predicted octanol–water partition coefficient (Wildman–Crippen LogP) is 3.47. The van der Waals surface area contributed by atoms with Crippen molar-refractivity contribution >= 4 is 28.6 Å². The molecule has 1 atom stereocenters. The lowest BCUT2D eigenvalue weighted by atomic mass is 10.2. The van der Waals surface area contributed by atoms with Gasteiger partial charge in [0.15, 0.2) is 0 Å². The molecule has 1 N–H and O–H groups in total. The Hall–Kier alpha value is -2.12. The van der Waals surface area contributed by atoms with Crippen LogP contribution in [0.25, 0.3) is 11.3 Å². The Morgan fingerprint density at radius 2 is 2.30 bits per heavy atom. The number of aryl methyl sites for hydroxylation is 1. The average Bonchev–Trinajstić information content (AvgIpc) is 3.25. The predicted molar refractivity (Wildman–Crippen MR) is 92.3 cm³/mol. The maximum absolute atomic E-state index is 12.0. The van der Waals surface area contributed by atoms with Crippen LogP contribution in [0.1, 0.15) is 30.1 Å². The van der Waals surface area contributed by atoms with Crippen molar-refractivity contribution in [2.24, 2.45) is 0 Å². The number of carbonyl (C=O) groups excluding carboxylic acids is 1. The molecule has 0 aliphatic carbocycles. The van der Waals surface area contributed by atoms with Crippen LogP contribution in [0.3, 0.4) is 0 Å². The third-order valence-electron chi connectivity index (χ3n) is 3.32. The van der Waals surface area contributed by atoms with Crippen molar-refractivity contribution in [2.45, 2.75) is 25.8 Å². The van der Waals surface area contributed by atoms with Crippen LogP contribution in [0, 0.1) is 0 Å². The number of hydrogen-bond donors (Lipinski definition) is 1. The molecule has 0 aliphatic heterocycles. The van der Waals surface area contributed by atoms with E-state index in [1.807, 2.05) is 29.8 Å². The molecule has 0 saturated carbocycles. The van der Waals surface area contributed by atoms with E-state index in [1.165, 1.54) is 0 Å². The van der Waals surface area contributed by atoms with Crippen molar-refractivity contribution < 1.29 is 4.79 Å². The van der Waals surface area contributed by atoms with Gasteiger partial charge in [0.2, 0.25) is 5.91 Å². The van der Waals surface area contributed by atoms with Crippen LogP contribution in [0.2, 0.25) is 0 Å². The van der Waals surface area contributed by atoms with Crippen LogP contribution in [-0.2, 0) is 11.2 Å². The molecule has 7 heteroatoms. The second-order valence-corrected chi connectivity index (χ2v) is 6.69. The van der Waals surface area contributed by atoms with E-state index in [2.05, 4.69) is 20.3 Å². The minimum absolute atomic E-state index is 0.0172. The van der Waals surface area contributed by atoms with Gasteiger partial charge < -0.3 is 5.32 Å². The van der Waals surface area contributed by atoms with Crippen LogP contribution in [-0.4, -0.2) is 20.9 Å². The van der Waals surface area contributed by atoms with Crippen LogP contribution < -0.4 is 5.32 Å². The minimum Gasteiger partial charge on any atom is -0.347 e. The number of aromatic nitrogens is 3. The molecule has 3 aromatic heterocycles. The van der Waals surface area contributed by atoms with Gasteiger partial charge in [0.1, 0.15) is 5.01 Å². The summed E-state index contributed by atoms with van der Waals surface area (Å²) in [5.41, 5.74) is 4.62. The molecular weight excluding hydrogens is 328 g/mol. The van der Waals surface area contributed by atoms with E-state index >= 15 is 0 Å². The van der Waals surface area contributed by atoms with E-state index in [0.29, 0.717) is 12.8 Å². The van der Waals surface area contributed by atoms with E-state index < -0.39 is 0 Å². The van der Waals surface area contributed by atoms with Gasteiger partial charge in [0, 0.05) is 35.1 Å². The molecule has 5 nitrogen and oxygen atoms in total. The molecule has 0 unspecified atom stereocenters. The molecule has 0 aliphatic rings. The Morgan fingerprint density at radius 3 is 3.04 bits per heavy atom. The highest BCUT2D eigenvalue weighted by Gasteiger charge is 2.14. The Kier molecular flexibility index (Phi) is 5.09. The molecule has 3 aromatic rings. The number of amides is 1. The van der Waals surface area contributed by atoms with E-state index in [4.69, 9.17) is 0 Å². The molecule has 23 heavy (non-hydrogen) atoms. The number of nitrogens with one attached hydrogen (secondary N) is 1. The van der Waals surface area contributed by atoms with Crippen LogP contribution in [0.5, 0.6) is 0 Å². The minimum atomic E-state index is -0.103. The van der Waals surface area contributed by atoms with Crippen molar-refractivity contribution in [1.29, 1.82) is 0 Å². The molecule has 0 aromatic carbocycles. The van der Waals surface area contributed by atoms with Crippen LogP contribution in [0.15, 0.2) is 40.8 Å². The first-order chi connectivity index (χ1) is 11.2. The molecule has 3 rings (SSSR count). The third kappa shape index (κ3) is 4.20. The molecule has 1 amide bonds. The summed E-state index contributed by atoms with van der Waals surface area (Å²) in [4.78, 5) is 24.9. The smallest absolute Gasteiger partial charge is 0.220 e. The zero-order chi connectivity index (χ0) is 16.1. The SMILES string of the molecule is C[C@@H](NC(=O)CCc1cscn1)c1nc(-c2cccnc2)cs1. The van der Waals surface area contributed by atoms with Gasteiger partial charge in [-0.2, -0.15) is 0 Å². The normalized spacial score (nSPS) is 12.0. The number of pyridine rings is 1. The van der Waals surface area contributed by atoms with Gasteiger partial charge in [-0.15, -0.1) is 22.7 Å². The van der Waals surface area contributed by atoms with E-state index in [-0.39, 0.29) is 11.9 Å². The molecular formula is C16H16N4OS2. The molecule has 0 fully saturated rings. The fourth-order valence-corrected chi connectivity index (χ4v) is 3.54. The van der Waals surface area contributed by atoms with Crippen LogP contribution in [0.4, 0.5) is 0 Å². The summed E-state index contributed by atoms with van der Waals surface area (Å²) in [5, 5.41) is 7.85. The Labute approximate surface area is 142 Å². The first-order valence-corrected chi connectivity index (χ1v) is 9.07. The van der Waals surface area contributed by atoms with Gasteiger partial charge in [-0.3, -0.25) is 9.78 Å². The molecule has 0 bridgehead atoms. The topological polar surface area (TPSA) is 67.8 Å². The summed E-state index contributed by atoms with van der Waals surface area (Å²) in [5.74, 6) is 0.0172. The highest BCUT2D eigenvalue weighted by molar-refractivity contribution is 7.10. The highest BCUT2D eigenvalue weighted by Crippen LogP contribution is 2.24. The first-order valence-electron chi connectivity index (χ1n) is 7.24. The van der Waals surface area contributed by atoms with E-state index in [0.717, 1.165) is 22.0 Å². The Bertz CT molecular complexity index is 756. The standard InChI is InChI=1S/C16H16N4OS2/c1-11(19-15(21)5-4-13-8-22-10-18-13)16-20-14(9-23-16)12-3-2-6-17-7-12/h2-3,6-11H,4-5H2,1H3,(H,19,21)/t11-/m1/s1. The van der Waals surface area contributed by atoms with Crippen LogP contribution >= 0.6 is 22.7 Å². The first kappa shape index (κ1) is 15.8. The fourth-order valence-electron chi connectivity index (χ4n) is 2.11. The van der Waals surface area contributed by atoms with E-state index in [1.54, 1.807) is 40.6 Å². The summed E-state index contributed by atoms with van der Waals surface area (Å²) in [6.45, 7) is 1.95. The van der Waals surface area contributed by atoms with Crippen molar-refractivity contribution in [2.75, 3.05) is 0 Å². The quantitative estimate of drug-likeness (QED) is 0.743. The van der Waals surface area contributed by atoms with Gasteiger partial charge in [-0.05, 0) is 25.5 Å². The van der Waals surface area contributed by atoms with Gasteiger partial charge in [-0.1, -0.05) is 0 Å². The average molecular weight is 344 g/mol. The van der Waals surface area contributed by atoms with Crippen molar-refractivity contribution in [1.82, 2.24) is 20.3 Å². The van der Waals surface area contributed by atoms with Gasteiger partial charge in [-0.25, -0.2) is 9.97 Å². The number of carbonyl (C=O) groups is 1. The summed E-state index contributed by atoms with van der Waals surface area (Å²) >= 11 is 3.09.